The monoisotopic (exact) mass is 379 g/mol. The number of amides is 3. The molecule has 3 rings (SSSR count). The molecular formula is C18H16F3N3O3. The number of hydrogen-bond acceptors (Lipinski definition) is 4. The molecule has 1 N–H and O–H groups in total. The van der Waals surface area contributed by atoms with Crippen molar-refractivity contribution in [2.24, 2.45) is 0 Å². The molecule has 2 heterocycles. The van der Waals surface area contributed by atoms with Crippen molar-refractivity contribution < 1.29 is 27.5 Å². The number of halogens is 3. The van der Waals surface area contributed by atoms with Gasteiger partial charge in [0.2, 0.25) is 0 Å². The zero-order valence-corrected chi connectivity index (χ0v) is 14.3. The van der Waals surface area contributed by atoms with Crippen LogP contribution in [0, 0.1) is 0 Å². The zero-order chi connectivity index (χ0) is 19.7. The van der Waals surface area contributed by atoms with Crippen LogP contribution in [0.5, 0.6) is 5.75 Å². The highest BCUT2D eigenvalue weighted by Gasteiger charge is 2.48. The maximum atomic E-state index is 12.8. The van der Waals surface area contributed by atoms with Crippen molar-refractivity contribution in [1.29, 1.82) is 0 Å². The van der Waals surface area contributed by atoms with E-state index in [1.165, 1.54) is 19.1 Å². The van der Waals surface area contributed by atoms with Crippen LogP contribution in [0.25, 0.3) is 0 Å². The number of pyridine rings is 1. The highest BCUT2D eigenvalue weighted by atomic mass is 19.4. The summed E-state index contributed by atoms with van der Waals surface area (Å²) in [6.45, 7) is 1.65. The number of ether oxygens (including phenoxy) is 1. The van der Waals surface area contributed by atoms with Gasteiger partial charge in [-0.1, -0.05) is 18.2 Å². The van der Waals surface area contributed by atoms with Gasteiger partial charge in [-0.3, -0.25) is 14.7 Å². The van der Waals surface area contributed by atoms with Crippen molar-refractivity contribution in [3.63, 3.8) is 0 Å². The number of carbonyl (C=O) groups excluding carboxylic acids is 2. The molecule has 0 spiro atoms. The normalized spacial score (nSPS) is 19.9. The van der Waals surface area contributed by atoms with Gasteiger partial charge in [-0.25, -0.2) is 4.79 Å². The van der Waals surface area contributed by atoms with Crippen molar-refractivity contribution in [2.45, 2.75) is 25.2 Å². The van der Waals surface area contributed by atoms with Gasteiger partial charge >= 0.3 is 12.4 Å². The van der Waals surface area contributed by atoms with Crippen molar-refractivity contribution in [3.8, 4) is 5.75 Å². The number of benzene rings is 1. The Morgan fingerprint density at radius 1 is 1.15 bits per heavy atom. The van der Waals surface area contributed by atoms with Gasteiger partial charge in [-0.2, -0.15) is 0 Å². The molecule has 0 saturated carbocycles. The number of aromatic nitrogens is 1. The lowest BCUT2D eigenvalue weighted by Gasteiger charge is -2.22. The third kappa shape index (κ3) is 4.02. The second kappa shape index (κ2) is 6.90. The Balaban J connectivity index is 1.74. The van der Waals surface area contributed by atoms with Gasteiger partial charge in [0, 0.05) is 24.9 Å². The second-order valence-electron chi connectivity index (χ2n) is 6.16. The predicted molar refractivity (Wildman–Crippen MR) is 88.7 cm³/mol. The summed E-state index contributed by atoms with van der Waals surface area (Å²) in [5.41, 5.74) is -0.270. The van der Waals surface area contributed by atoms with Crippen molar-refractivity contribution in [2.75, 3.05) is 6.54 Å². The molecule has 1 unspecified atom stereocenters. The number of imide groups is 1. The second-order valence-corrected chi connectivity index (χ2v) is 6.16. The average Bonchev–Trinajstić information content (AvgIpc) is 2.83. The van der Waals surface area contributed by atoms with Crippen LogP contribution in [0.4, 0.5) is 18.0 Å². The number of hydrogen-bond donors (Lipinski definition) is 1. The van der Waals surface area contributed by atoms with E-state index in [9.17, 15) is 22.8 Å². The van der Waals surface area contributed by atoms with Crippen LogP contribution >= 0.6 is 0 Å². The summed E-state index contributed by atoms with van der Waals surface area (Å²) in [6, 6.07) is 9.64. The van der Waals surface area contributed by atoms with Crippen molar-refractivity contribution in [3.05, 3.63) is 59.9 Å². The topological polar surface area (TPSA) is 71.5 Å². The van der Waals surface area contributed by atoms with Crippen molar-refractivity contribution in [1.82, 2.24) is 15.2 Å². The lowest BCUT2D eigenvalue weighted by Crippen LogP contribution is -2.41. The van der Waals surface area contributed by atoms with Gasteiger partial charge in [0.25, 0.3) is 5.91 Å². The fourth-order valence-electron chi connectivity index (χ4n) is 2.86. The third-order valence-corrected chi connectivity index (χ3v) is 4.26. The van der Waals surface area contributed by atoms with Gasteiger partial charge < -0.3 is 10.1 Å². The highest BCUT2D eigenvalue weighted by Crippen LogP contribution is 2.31. The molecule has 1 aliphatic heterocycles. The molecule has 0 bridgehead atoms. The molecule has 1 fully saturated rings. The van der Waals surface area contributed by atoms with E-state index in [-0.39, 0.29) is 6.54 Å². The zero-order valence-electron chi connectivity index (χ0n) is 14.3. The van der Waals surface area contributed by atoms with E-state index in [4.69, 9.17) is 0 Å². The molecule has 1 atom stereocenters. The van der Waals surface area contributed by atoms with Crippen LogP contribution in [-0.2, 0) is 16.8 Å². The van der Waals surface area contributed by atoms with E-state index in [1.807, 2.05) is 6.07 Å². The summed E-state index contributed by atoms with van der Waals surface area (Å²) in [5.74, 6) is -0.883. The number of alkyl halides is 3. The molecule has 1 saturated heterocycles. The predicted octanol–water partition coefficient (Wildman–Crippen LogP) is 2.99. The van der Waals surface area contributed by atoms with Crippen LogP contribution < -0.4 is 10.1 Å². The number of rotatable bonds is 5. The van der Waals surface area contributed by atoms with E-state index in [0.29, 0.717) is 12.0 Å². The molecule has 9 heteroatoms. The lowest BCUT2D eigenvalue weighted by molar-refractivity contribution is -0.274. The van der Waals surface area contributed by atoms with E-state index in [0.717, 1.165) is 22.7 Å². The number of nitrogens with one attached hydrogen (secondary N) is 1. The summed E-state index contributed by atoms with van der Waals surface area (Å²) >= 11 is 0. The average molecular weight is 379 g/mol. The number of nitrogens with zero attached hydrogens (tertiary/aromatic N) is 2. The van der Waals surface area contributed by atoms with Crippen LogP contribution in [0.15, 0.2) is 48.7 Å². The fraction of sp³-hybridized carbons (Fsp3) is 0.278. The SMILES string of the molecule is CC1(c2ccc(OC(F)(F)F)cc2)NC(=O)N(CCc2ccccn2)C1=O. The Morgan fingerprint density at radius 3 is 2.44 bits per heavy atom. The molecular weight excluding hydrogens is 363 g/mol. The molecule has 0 aliphatic carbocycles. The van der Waals surface area contributed by atoms with E-state index in [1.54, 1.807) is 18.3 Å². The van der Waals surface area contributed by atoms with Crippen LogP contribution in [0.3, 0.4) is 0 Å². The Bertz CT molecular complexity index is 840. The van der Waals surface area contributed by atoms with Crippen LogP contribution in [0.2, 0.25) is 0 Å². The Kier molecular flexibility index (Phi) is 4.77. The summed E-state index contributed by atoms with van der Waals surface area (Å²) in [5, 5.41) is 2.60. The minimum absolute atomic E-state index is 0.145. The molecule has 1 aromatic heterocycles. The first-order valence-corrected chi connectivity index (χ1v) is 8.09. The van der Waals surface area contributed by atoms with E-state index in [2.05, 4.69) is 15.0 Å². The molecule has 2 aromatic rings. The molecule has 6 nitrogen and oxygen atoms in total. The smallest absolute Gasteiger partial charge is 0.406 e. The first-order valence-electron chi connectivity index (χ1n) is 8.09. The first kappa shape index (κ1) is 18.7. The highest BCUT2D eigenvalue weighted by molar-refractivity contribution is 6.07. The van der Waals surface area contributed by atoms with E-state index < -0.39 is 29.6 Å². The quantitative estimate of drug-likeness (QED) is 0.811. The molecule has 3 amide bonds. The van der Waals surface area contributed by atoms with Crippen LogP contribution in [-0.4, -0.2) is 34.7 Å². The third-order valence-electron chi connectivity index (χ3n) is 4.26. The van der Waals surface area contributed by atoms with Crippen LogP contribution in [0.1, 0.15) is 18.2 Å². The minimum Gasteiger partial charge on any atom is -0.406 e. The molecule has 27 heavy (non-hydrogen) atoms. The molecule has 1 aliphatic rings. The standard InChI is InChI=1S/C18H16F3N3O3/c1-17(12-5-7-14(8-6-12)27-18(19,20)21)15(25)24(16(26)23-17)11-9-13-4-2-3-10-22-13/h2-8,10H,9,11H2,1H3,(H,23,26). The largest absolute Gasteiger partial charge is 0.573 e. The lowest BCUT2D eigenvalue weighted by atomic mass is 9.92. The van der Waals surface area contributed by atoms with Gasteiger partial charge in [-0.15, -0.1) is 13.2 Å². The van der Waals surface area contributed by atoms with Gasteiger partial charge in [0.05, 0.1) is 0 Å². The fourth-order valence-corrected chi connectivity index (χ4v) is 2.86. The van der Waals surface area contributed by atoms with Gasteiger partial charge in [-0.05, 0) is 36.8 Å². The number of urea groups is 1. The van der Waals surface area contributed by atoms with Crippen molar-refractivity contribution >= 4 is 11.9 Å². The first-order chi connectivity index (χ1) is 12.7. The minimum atomic E-state index is -4.80. The van der Waals surface area contributed by atoms with Gasteiger partial charge in [0.1, 0.15) is 11.3 Å². The Labute approximate surface area is 152 Å². The molecule has 0 radical (unpaired) electrons. The summed E-state index contributed by atoms with van der Waals surface area (Å²) in [7, 11) is 0. The van der Waals surface area contributed by atoms with E-state index >= 15 is 0 Å². The molecule has 142 valence electrons. The Hall–Kier alpha value is -3.10. The maximum absolute atomic E-state index is 12.8. The summed E-state index contributed by atoms with van der Waals surface area (Å²) < 4.78 is 40.6. The summed E-state index contributed by atoms with van der Waals surface area (Å²) in [6.07, 6.45) is -2.78. The maximum Gasteiger partial charge on any atom is 0.573 e. The van der Waals surface area contributed by atoms with Gasteiger partial charge in [0.15, 0.2) is 0 Å². The summed E-state index contributed by atoms with van der Waals surface area (Å²) in [4.78, 5) is 30.3. The molecule has 1 aromatic carbocycles. The number of carbonyl (C=O) groups is 2. The Morgan fingerprint density at radius 2 is 1.85 bits per heavy atom.